The van der Waals surface area contributed by atoms with E-state index in [1.807, 2.05) is 32.9 Å². The molecule has 1 aromatic heterocycles. The molecule has 132 valence electrons. The molecule has 0 spiro atoms. The van der Waals surface area contributed by atoms with E-state index in [4.69, 9.17) is 0 Å². The first kappa shape index (κ1) is 18.8. The van der Waals surface area contributed by atoms with Crippen molar-refractivity contribution in [1.29, 1.82) is 0 Å². The largest absolute Gasteiger partial charge is 0.351 e. The minimum atomic E-state index is -0.418. The zero-order valence-electron chi connectivity index (χ0n) is 15.1. The number of nitrogens with zero attached hydrogens (tertiary/aromatic N) is 2. The molecule has 0 aliphatic carbocycles. The van der Waals surface area contributed by atoms with Gasteiger partial charge < -0.3 is 10.2 Å². The molecule has 2 rings (SSSR count). The number of amides is 2. The number of thioether (sulfide) groups is 1. The lowest BCUT2D eigenvalue weighted by molar-refractivity contribution is -0.126. The zero-order chi connectivity index (χ0) is 17.9. The van der Waals surface area contributed by atoms with Gasteiger partial charge in [-0.2, -0.15) is 0 Å². The molecule has 5 nitrogen and oxygen atoms in total. The molecular formula is C18H27N3O2S. The Labute approximate surface area is 148 Å². The van der Waals surface area contributed by atoms with Crippen molar-refractivity contribution in [2.24, 2.45) is 5.92 Å². The van der Waals surface area contributed by atoms with Crippen molar-refractivity contribution in [2.75, 3.05) is 11.4 Å². The van der Waals surface area contributed by atoms with Gasteiger partial charge in [0.15, 0.2) is 0 Å². The lowest BCUT2D eigenvalue weighted by Gasteiger charge is -2.34. The summed E-state index contributed by atoms with van der Waals surface area (Å²) in [6.07, 6.45) is 2.75. The number of nitrogens with one attached hydrogen (secondary N) is 1. The minimum absolute atomic E-state index is 0.00125. The van der Waals surface area contributed by atoms with E-state index in [-0.39, 0.29) is 23.8 Å². The molecule has 0 aromatic carbocycles. The molecule has 0 bridgehead atoms. The molecule has 6 heteroatoms. The van der Waals surface area contributed by atoms with Crippen molar-refractivity contribution < 1.29 is 9.59 Å². The summed E-state index contributed by atoms with van der Waals surface area (Å²) in [5, 5.41) is 3.42. The lowest BCUT2D eigenvalue weighted by Crippen LogP contribution is -2.47. The topological polar surface area (TPSA) is 62.3 Å². The Kier molecular flexibility index (Phi) is 5.91. The molecule has 0 fully saturated rings. The summed E-state index contributed by atoms with van der Waals surface area (Å²) >= 11 is 1.39. The second-order valence-corrected chi connectivity index (χ2v) is 8.46. The first-order chi connectivity index (χ1) is 11.2. The van der Waals surface area contributed by atoms with Gasteiger partial charge in [-0.3, -0.25) is 9.59 Å². The highest BCUT2D eigenvalue weighted by molar-refractivity contribution is 8.00. The molecule has 0 saturated carbocycles. The van der Waals surface area contributed by atoms with E-state index in [0.29, 0.717) is 12.5 Å². The van der Waals surface area contributed by atoms with E-state index in [1.54, 1.807) is 11.1 Å². The van der Waals surface area contributed by atoms with Gasteiger partial charge >= 0.3 is 0 Å². The Balaban J connectivity index is 2.18. The molecule has 1 unspecified atom stereocenters. The Morgan fingerprint density at radius 3 is 2.79 bits per heavy atom. The maximum absolute atomic E-state index is 12.9. The fourth-order valence-electron chi connectivity index (χ4n) is 2.52. The van der Waals surface area contributed by atoms with Gasteiger partial charge in [0.25, 0.3) is 0 Å². The Hall–Kier alpha value is -1.56. The summed E-state index contributed by atoms with van der Waals surface area (Å²) in [7, 11) is 0. The number of rotatable bonds is 6. The van der Waals surface area contributed by atoms with Gasteiger partial charge in [0.1, 0.15) is 5.03 Å². The van der Waals surface area contributed by atoms with Crippen LogP contribution in [-0.2, 0) is 9.59 Å². The van der Waals surface area contributed by atoms with E-state index >= 15 is 0 Å². The Morgan fingerprint density at radius 2 is 2.17 bits per heavy atom. The summed E-state index contributed by atoms with van der Waals surface area (Å²) < 4.78 is 0. The van der Waals surface area contributed by atoms with Gasteiger partial charge in [0, 0.05) is 24.7 Å². The third-order valence-electron chi connectivity index (χ3n) is 4.12. The number of carbonyl (C=O) groups is 2. The van der Waals surface area contributed by atoms with Crippen molar-refractivity contribution in [3.8, 4) is 0 Å². The number of hydrogen-bond donors (Lipinski definition) is 1. The monoisotopic (exact) mass is 349 g/mol. The first-order valence-corrected chi connectivity index (χ1v) is 9.35. The number of hydrogen-bond acceptors (Lipinski definition) is 4. The number of carbonyl (C=O) groups excluding carboxylic acids is 2. The standard InChI is InChI=1S/C18H27N3O2S/c1-6-18(4,5)20-15(22)10-14-17(23)21(11-12(2)3)13-8-7-9-19-16(13)24-14/h7-9,12,14H,6,10-11H2,1-5H3,(H,20,22). The van der Waals surface area contributed by atoms with Crippen molar-refractivity contribution in [3.05, 3.63) is 18.3 Å². The van der Waals surface area contributed by atoms with E-state index in [2.05, 4.69) is 24.1 Å². The molecule has 1 aromatic rings. The number of anilines is 1. The Morgan fingerprint density at radius 1 is 1.46 bits per heavy atom. The van der Waals surface area contributed by atoms with E-state index in [9.17, 15) is 9.59 Å². The smallest absolute Gasteiger partial charge is 0.241 e. The highest BCUT2D eigenvalue weighted by atomic mass is 32.2. The fourth-order valence-corrected chi connectivity index (χ4v) is 3.68. The number of pyridine rings is 1. The fraction of sp³-hybridized carbons (Fsp3) is 0.611. The van der Waals surface area contributed by atoms with Crippen LogP contribution in [0.1, 0.15) is 47.5 Å². The predicted octanol–water partition coefficient (Wildman–Crippen LogP) is 3.24. The number of fused-ring (bicyclic) bond motifs is 1. The maximum atomic E-state index is 12.9. The molecule has 24 heavy (non-hydrogen) atoms. The molecule has 1 aliphatic heterocycles. The van der Waals surface area contributed by atoms with E-state index in [1.165, 1.54) is 11.8 Å². The summed E-state index contributed by atoms with van der Waals surface area (Å²) in [5.41, 5.74) is 0.597. The Bertz CT molecular complexity index is 616. The SMILES string of the molecule is CCC(C)(C)NC(=O)CC1Sc2ncccc2N(CC(C)C)C1=O. The zero-order valence-corrected chi connectivity index (χ0v) is 15.9. The molecule has 1 atom stereocenters. The molecule has 2 heterocycles. The van der Waals surface area contributed by atoms with Gasteiger partial charge in [-0.05, 0) is 38.3 Å². The van der Waals surface area contributed by atoms with Gasteiger partial charge in [0.05, 0.1) is 10.9 Å². The normalized spacial score (nSPS) is 17.8. The highest BCUT2D eigenvalue weighted by Gasteiger charge is 2.36. The van der Waals surface area contributed by atoms with Gasteiger partial charge in [0.2, 0.25) is 11.8 Å². The highest BCUT2D eigenvalue weighted by Crippen LogP contribution is 2.39. The molecule has 2 amide bonds. The van der Waals surface area contributed by atoms with Crippen molar-refractivity contribution >= 4 is 29.3 Å². The summed E-state index contributed by atoms with van der Waals surface area (Å²) in [6, 6.07) is 3.77. The van der Waals surface area contributed by atoms with Crippen LogP contribution in [0.2, 0.25) is 0 Å². The summed E-state index contributed by atoms with van der Waals surface area (Å²) in [5.74, 6) is 0.258. The minimum Gasteiger partial charge on any atom is -0.351 e. The van der Waals surface area contributed by atoms with Crippen molar-refractivity contribution in [1.82, 2.24) is 10.3 Å². The number of aromatic nitrogens is 1. The molecule has 0 radical (unpaired) electrons. The van der Waals surface area contributed by atoms with Gasteiger partial charge in [-0.1, -0.05) is 32.5 Å². The van der Waals surface area contributed by atoms with Crippen LogP contribution in [-0.4, -0.2) is 34.1 Å². The average molecular weight is 350 g/mol. The summed E-state index contributed by atoms with van der Waals surface area (Å²) in [6.45, 7) is 10.8. The van der Waals surface area contributed by atoms with Crippen molar-refractivity contribution in [2.45, 2.75) is 63.3 Å². The quantitative estimate of drug-likeness (QED) is 0.856. The van der Waals surface area contributed by atoms with Crippen LogP contribution in [0.25, 0.3) is 0 Å². The second kappa shape index (κ2) is 7.55. The molecule has 0 saturated heterocycles. The molecular weight excluding hydrogens is 322 g/mol. The van der Waals surface area contributed by atoms with Crippen molar-refractivity contribution in [3.63, 3.8) is 0 Å². The van der Waals surface area contributed by atoms with Crippen LogP contribution in [0.4, 0.5) is 5.69 Å². The van der Waals surface area contributed by atoms with Crippen LogP contribution in [0.5, 0.6) is 0 Å². The third-order valence-corrected chi connectivity index (χ3v) is 5.31. The predicted molar refractivity (Wildman–Crippen MR) is 98.2 cm³/mol. The average Bonchev–Trinajstić information content (AvgIpc) is 2.50. The van der Waals surface area contributed by atoms with Gasteiger partial charge in [-0.25, -0.2) is 4.98 Å². The first-order valence-electron chi connectivity index (χ1n) is 8.47. The van der Waals surface area contributed by atoms with E-state index in [0.717, 1.165) is 17.1 Å². The second-order valence-electron chi connectivity index (χ2n) is 7.27. The van der Waals surface area contributed by atoms with Crippen LogP contribution in [0, 0.1) is 5.92 Å². The third kappa shape index (κ3) is 4.50. The maximum Gasteiger partial charge on any atom is 0.241 e. The van der Waals surface area contributed by atoms with Crippen LogP contribution in [0.15, 0.2) is 23.4 Å². The van der Waals surface area contributed by atoms with E-state index < -0.39 is 5.25 Å². The molecule has 1 aliphatic rings. The van der Waals surface area contributed by atoms with Crippen LogP contribution >= 0.6 is 11.8 Å². The van der Waals surface area contributed by atoms with Crippen LogP contribution in [0.3, 0.4) is 0 Å². The lowest BCUT2D eigenvalue weighted by atomic mass is 10.0. The summed E-state index contributed by atoms with van der Waals surface area (Å²) in [4.78, 5) is 31.4. The molecule has 1 N–H and O–H groups in total. The van der Waals surface area contributed by atoms with Crippen LogP contribution < -0.4 is 10.2 Å². The van der Waals surface area contributed by atoms with Gasteiger partial charge in [-0.15, -0.1) is 0 Å².